The van der Waals surface area contributed by atoms with Crippen LogP contribution in [0.1, 0.15) is 23.2 Å². The van der Waals surface area contributed by atoms with Crippen LogP contribution in [0, 0.1) is 5.92 Å². The normalized spacial score (nSPS) is 13.8. The molecule has 2 rings (SSSR count). The molecule has 1 aromatic rings. The number of amides is 2. The van der Waals surface area contributed by atoms with Crippen molar-refractivity contribution in [3.8, 4) is 11.5 Å². The van der Waals surface area contributed by atoms with E-state index >= 15 is 0 Å². The van der Waals surface area contributed by atoms with Gasteiger partial charge >= 0.3 is 0 Å². The summed E-state index contributed by atoms with van der Waals surface area (Å²) < 4.78 is 4.91. The maximum absolute atomic E-state index is 11.7. The number of carbonyl (C=O) groups excluding carboxylic acids is 2. The van der Waals surface area contributed by atoms with E-state index in [1.54, 1.807) is 6.07 Å². The van der Waals surface area contributed by atoms with Crippen LogP contribution in [0.25, 0.3) is 0 Å². The van der Waals surface area contributed by atoms with Crippen LogP contribution in [0.15, 0.2) is 18.2 Å². The predicted octanol–water partition coefficient (Wildman–Crippen LogP) is 0.572. The quantitative estimate of drug-likeness (QED) is 0.684. The topological polar surface area (TPSA) is 87.7 Å². The molecule has 0 aromatic heterocycles. The van der Waals surface area contributed by atoms with Crippen molar-refractivity contribution < 1.29 is 19.4 Å². The molecule has 0 heterocycles. The fraction of sp³-hybridized carbons (Fsp3) is 0.333. The highest BCUT2D eigenvalue weighted by Crippen LogP contribution is 2.28. The van der Waals surface area contributed by atoms with E-state index in [1.165, 1.54) is 19.2 Å². The Morgan fingerprint density at radius 3 is 2.61 bits per heavy atom. The minimum atomic E-state index is -0.566. The molecule has 0 radical (unpaired) electrons. The van der Waals surface area contributed by atoms with Crippen LogP contribution >= 0.6 is 0 Å². The summed E-state index contributed by atoms with van der Waals surface area (Å²) in [6.07, 6.45) is 1.71. The first-order chi connectivity index (χ1) is 8.61. The summed E-state index contributed by atoms with van der Waals surface area (Å²) in [6, 6.07) is 4.31. The minimum absolute atomic E-state index is 0.00904. The summed E-state index contributed by atoms with van der Waals surface area (Å²) in [4.78, 5) is 23.0. The Morgan fingerprint density at radius 1 is 1.33 bits per heavy atom. The largest absolute Gasteiger partial charge is 0.507 e. The first kappa shape index (κ1) is 12.2. The third-order valence-corrected chi connectivity index (χ3v) is 2.70. The molecular formula is C12H14N2O4. The second-order valence-electron chi connectivity index (χ2n) is 4.10. The van der Waals surface area contributed by atoms with Gasteiger partial charge < -0.3 is 9.84 Å². The van der Waals surface area contributed by atoms with E-state index in [2.05, 4.69) is 10.9 Å². The summed E-state index contributed by atoms with van der Waals surface area (Å²) >= 11 is 0. The van der Waals surface area contributed by atoms with Gasteiger partial charge in [0.05, 0.1) is 12.7 Å². The SMILES string of the molecule is COc1ccc(C(=O)NNC(=O)C2CC2)c(O)c1. The van der Waals surface area contributed by atoms with Gasteiger partial charge in [-0.3, -0.25) is 20.4 Å². The van der Waals surface area contributed by atoms with Crippen molar-refractivity contribution >= 4 is 11.8 Å². The molecule has 0 bridgehead atoms. The number of phenolic OH excluding ortho intramolecular Hbond substituents is 1. The number of hydrogen-bond donors (Lipinski definition) is 3. The Bertz CT molecular complexity index is 483. The fourth-order valence-corrected chi connectivity index (χ4v) is 1.46. The number of ether oxygens (including phenoxy) is 1. The molecule has 6 heteroatoms. The Balaban J connectivity index is 1.97. The molecule has 1 aromatic carbocycles. The molecule has 1 aliphatic rings. The molecule has 1 aliphatic carbocycles. The number of methoxy groups -OCH3 is 1. The van der Waals surface area contributed by atoms with Crippen LogP contribution < -0.4 is 15.6 Å². The smallest absolute Gasteiger partial charge is 0.273 e. The van der Waals surface area contributed by atoms with Crippen LogP contribution in [0.4, 0.5) is 0 Å². The lowest BCUT2D eigenvalue weighted by Crippen LogP contribution is -2.42. The predicted molar refractivity (Wildman–Crippen MR) is 63.0 cm³/mol. The van der Waals surface area contributed by atoms with Gasteiger partial charge in [0, 0.05) is 12.0 Å². The number of rotatable bonds is 3. The first-order valence-corrected chi connectivity index (χ1v) is 5.59. The van der Waals surface area contributed by atoms with Crippen LogP contribution in [0.3, 0.4) is 0 Å². The Kier molecular flexibility index (Phi) is 3.36. The highest BCUT2D eigenvalue weighted by atomic mass is 16.5. The molecule has 3 N–H and O–H groups in total. The summed E-state index contributed by atoms with van der Waals surface area (Å²) in [5.41, 5.74) is 4.65. The van der Waals surface area contributed by atoms with Gasteiger partial charge in [0.25, 0.3) is 5.91 Å². The van der Waals surface area contributed by atoms with E-state index in [9.17, 15) is 14.7 Å². The molecule has 0 atom stereocenters. The zero-order valence-corrected chi connectivity index (χ0v) is 9.90. The number of nitrogens with one attached hydrogen (secondary N) is 2. The number of carbonyl (C=O) groups is 2. The van der Waals surface area contributed by atoms with Gasteiger partial charge in [-0.05, 0) is 25.0 Å². The second kappa shape index (κ2) is 4.95. The molecule has 0 aliphatic heterocycles. The first-order valence-electron chi connectivity index (χ1n) is 5.59. The van der Waals surface area contributed by atoms with Crippen LogP contribution in [-0.2, 0) is 4.79 Å². The molecular weight excluding hydrogens is 236 g/mol. The van der Waals surface area contributed by atoms with Gasteiger partial charge in [0.1, 0.15) is 11.5 Å². The molecule has 6 nitrogen and oxygen atoms in total. The van der Waals surface area contributed by atoms with E-state index in [0.29, 0.717) is 5.75 Å². The third kappa shape index (κ3) is 2.71. The van der Waals surface area contributed by atoms with Crippen molar-refractivity contribution in [1.82, 2.24) is 10.9 Å². The van der Waals surface area contributed by atoms with E-state index in [4.69, 9.17) is 4.74 Å². The van der Waals surface area contributed by atoms with Crippen molar-refractivity contribution in [1.29, 1.82) is 0 Å². The molecule has 0 unspecified atom stereocenters. The maximum atomic E-state index is 11.7. The Morgan fingerprint density at radius 2 is 2.06 bits per heavy atom. The molecule has 1 fully saturated rings. The van der Waals surface area contributed by atoms with Gasteiger partial charge in [0.15, 0.2) is 0 Å². The van der Waals surface area contributed by atoms with Crippen LogP contribution in [-0.4, -0.2) is 24.0 Å². The molecule has 0 spiro atoms. The molecule has 2 amide bonds. The lowest BCUT2D eigenvalue weighted by atomic mass is 10.2. The van der Waals surface area contributed by atoms with Crippen molar-refractivity contribution in [2.45, 2.75) is 12.8 Å². The van der Waals surface area contributed by atoms with Crippen molar-refractivity contribution in [3.63, 3.8) is 0 Å². The number of aromatic hydroxyl groups is 1. The molecule has 96 valence electrons. The molecule has 0 saturated heterocycles. The van der Waals surface area contributed by atoms with E-state index < -0.39 is 5.91 Å². The standard InChI is InChI=1S/C12H14N2O4/c1-18-8-4-5-9(10(15)6-8)12(17)14-13-11(16)7-2-3-7/h4-7,15H,2-3H2,1H3,(H,13,16)(H,14,17). The van der Waals surface area contributed by atoms with Crippen LogP contribution in [0.2, 0.25) is 0 Å². The summed E-state index contributed by atoms with van der Waals surface area (Å²) in [7, 11) is 1.46. The zero-order valence-electron chi connectivity index (χ0n) is 9.90. The van der Waals surface area contributed by atoms with Gasteiger partial charge in [-0.15, -0.1) is 0 Å². The number of phenols is 1. The van der Waals surface area contributed by atoms with E-state index in [-0.39, 0.29) is 23.1 Å². The van der Waals surface area contributed by atoms with Crippen LogP contribution in [0.5, 0.6) is 11.5 Å². The van der Waals surface area contributed by atoms with Gasteiger partial charge in [0.2, 0.25) is 5.91 Å². The van der Waals surface area contributed by atoms with Crippen molar-refractivity contribution in [3.05, 3.63) is 23.8 Å². The van der Waals surface area contributed by atoms with Gasteiger partial charge in [-0.2, -0.15) is 0 Å². The maximum Gasteiger partial charge on any atom is 0.273 e. The third-order valence-electron chi connectivity index (χ3n) is 2.70. The Labute approximate surface area is 104 Å². The van der Waals surface area contributed by atoms with Gasteiger partial charge in [-0.1, -0.05) is 0 Å². The van der Waals surface area contributed by atoms with Gasteiger partial charge in [-0.25, -0.2) is 0 Å². The summed E-state index contributed by atoms with van der Waals surface area (Å²) in [5.74, 6) is -0.506. The lowest BCUT2D eigenvalue weighted by molar-refractivity contribution is -0.123. The van der Waals surface area contributed by atoms with E-state index in [1.807, 2.05) is 0 Å². The fourth-order valence-electron chi connectivity index (χ4n) is 1.46. The second-order valence-corrected chi connectivity index (χ2v) is 4.10. The highest BCUT2D eigenvalue weighted by Gasteiger charge is 2.29. The van der Waals surface area contributed by atoms with E-state index in [0.717, 1.165) is 12.8 Å². The zero-order chi connectivity index (χ0) is 13.1. The summed E-state index contributed by atoms with van der Waals surface area (Å²) in [6.45, 7) is 0. The van der Waals surface area contributed by atoms with Crippen molar-refractivity contribution in [2.75, 3.05) is 7.11 Å². The highest BCUT2D eigenvalue weighted by molar-refractivity contribution is 5.98. The minimum Gasteiger partial charge on any atom is -0.507 e. The average molecular weight is 250 g/mol. The monoisotopic (exact) mass is 250 g/mol. The lowest BCUT2D eigenvalue weighted by Gasteiger charge is -2.08. The average Bonchev–Trinajstić information content (AvgIpc) is 3.19. The number of hydrogen-bond acceptors (Lipinski definition) is 4. The molecule has 1 saturated carbocycles. The number of benzene rings is 1. The van der Waals surface area contributed by atoms with Crippen molar-refractivity contribution in [2.24, 2.45) is 5.92 Å². The molecule has 18 heavy (non-hydrogen) atoms. The Hall–Kier alpha value is -2.24. The number of hydrazine groups is 1. The summed E-state index contributed by atoms with van der Waals surface area (Å²) in [5, 5.41) is 9.63.